The summed E-state index contributed by atoms with van der Waals surface area (Å²) in [5.74, 6) is 0. The first kappa shape index (κ1) is 40.9. The van der Waals surface area contributed by atoms with E-state index in [1.165, 1.54) is 11.1 Å². The highest BCUT2D eigenvalue weighted by Crippen LogP contribution is 2.42. The summed E-state index contributed by atoms with van der Waals surface area (Å²) in [6.45, 7) is 32.3. The van der Waals surface area contributed by atoms with E-state index >= 15 is 0 Å². The number of carbonyl (C=O) groups is 1. The molecule has 2 aliphatic rings. The number of hydrogen-bond donors (Lipinski definition) is 3. The number of likely N-dealkylation sites (tertiary alicyclic amines) is 1. The normalized spacial score (nSPS) is 15.1. The molecule has 0 aliphatic carbocycles. The average Bonchev–Trinajstić information content (AvgIpc) is 3.77. The number of anilines is 2. The number of nitrogens with two attached hydrogens (primary N) is 2. The Morgan fingerprint density at radius 1 is 0.695 bits per heavy atom. The van der Waals surface area contributed by atoms with Crippen molar-refractivity contribution in [2.24, 2.45) is 0 Å². The number of amides is 1. The van der Waals surface area contributed by atoms with Crippen molar-refractivity contribution >= 4 is 50.6 Å². The second-order valence-electron chi connectivity index (χ2n) is 17.2. The molecule has 0 saturated carbocycles. The molecule has 0 unspecified atom stereocenters. The summed E-state index contributed by atoms with van der Waals surface area (Å²) in [7, 11) is 0. The Balaban J connectivity index is 0.000000184. The number of rotatable bonds is 4. The van der Waals surface area contributed by atoms with Gasteiger partial charge >= 0.3 is 6.09 Å². The SMILES string of the molecule is [C-]#[N+]c1cc2c(-c3cccc(N)c3C)cn(C3CCN(C(=O)OC(C)(C)C)CC3)c2cc1C.[C-]#[N+]c1cc2c(-c3cccc(N)c3C)cn(C3CCNCC3)c2cc1C. The van der Waals surface area contributed by atoms with E-state index in [0.717, 1.165) is 111 Å². The number of carbonyl (C=O) groups excluding carboxylic acids is 1. The first-order chi connectivity index (χ1) is 28.2. The fraction of sp³-hybridized carbons (Fsp3) is 0.367. The van der Waals surface area contributed by atoms with Gasteiger partial charge in [0.2, 0.25) is 0 Å². The maximum Gasteiger partial charge on any atom is 0.410 e. The van der Waals surface area contributed by atoms with Gasteiger partial charge in [0.05, 0.1) is 13.1 Å². The molecule has 2 fully saturated rings. The highest BCUT2D eigenvalue weighted by Gasteiger charge is 2.29. The second kappa shape index (κ2) is 16.6. The molecule has 2 saturated heterocycles. The smallest absolute Gasteiger partial charge is 0.410 e. The number of fused-ring (bicyclic) bond motifs is 2. The van der Waals surface area contributed by atoms with Crippen LogP contribution in [0.3, 0.4) is 0 Å². The van der Waals surface area contributed by atoms with Crippen molar-refractivity contribution < 1.29 is 9.53 Å². The summed E-state index contributed by atoms with van der Waals surface area (Å²) in [5, 5.41) is 5.66. The molecule has 6 aromatic rings. The molecule has 1 amide bonds. The highest BCUT2D eigenvalue weighted by atomic mass is 16.6. The molecule has 4 aromatic carbocycles. The fourth-order valence-corrected chi connectivity index (χ4v) is 8.68. The van der Waals surface area contributed by atoms with E-state index in [2.05, 4.69) is 67.7 Å². The molecule has 0 bridgehead atoms. The van der Waals surface area contributed by atoms with Crippen molar-refractivity contribution in [2.75, 3.05) is 37.6 Å². The molecule has 10 heteroatoms. The molecule has 8 rings (SSSR count). The molecule has 0 atom stereocenters. The third kappa shape index (κ3) is 8.24. The summed E-state index contributed by atoms with van der Waals surface area (Å²) in [5.41, 5.74) is 25.9. The zero-order valence-electron chi connectivity index (χ0n) is 35.4. The minimum atomic E-state index is -0.493. The van der Waals surface area contributed by atoms with Gasteiger partial charge in [-0.05, 0) is 168 Å². The number of nitrogens with one attached hydrogen (secondary N) is 1. The molecule has 2 aliphatic heterocycles. The second-order valence-corrected chi connectivity index (χ2v) is 17.2. The molecule has 4 heterocycles. The molecule has 304 valence electrons. The van der Waals surface area contributed by atoms with Crippen LogP contribution in [0, 0.1) is 40.8 Å². The molecule has 59 heavy (non-hydrogen) atoms. The van der Waals surface area contributed by atoms with Gasteiger partial charge in [-0.25, -0.2) is 14.5 Å². The van der Waals surface area contributed by atoms with Gasteiger partial charge in [0, 0.05) is 71.1 Å². The number of nitrogens with zero attached hydrogens (tertiary/aromatic N) is 5. The number of benzene rings is 4. The number of nitrogen functional groups attached to an aromatic ring is 2. The van der Waals surface area contributed by atoms with Gasteiger partial charge in [-0.3, -0.25) is 0 Å². The largest absolute Gasteiger partial charge is 0.444 e. The third-order valence-electron chi connectivity index (χ3n) is 12.1. The summed E-state index contributed by atoms with van der Waals surface area (Å²) in [6.07, 6.45) is 8.19. The van der Waals surface area contributed by atoms with Crippen molar-refractivity contribution in [1.29, 1.82) is 0 Å². The lowest BCUT2D eigenvalue weighted by Gasteiger charge is -2.34. The predicted octanol–water partition coefficient (Wildman–Crippen LogP) is 11.6. The number of ether oxygens (including phenoxy) is 1. The molecule has 0 radical (unpaired) electrons. The van der Waals surface area contributed by atoms with Crippen LogP contribution in [0.4, 0.5) is 27.5 Å². The first-order valence-electron chi connectivity index (χ1n) is 20.6. The van der Waals surface area contributed by atoms with Gasteiger partial charge in [0.15, 0.2) is 11.4 Å². The van der Waals surface area contributed by atoms with Crippen LogP contribution >= 0.6 is 0 Å². The van der Waals surface area contributed by atoms with E-state index in [-0.39, 0.29) is 12.1 Å². The third-order valence-corrected chi connectivity index (χ3v) is 12.1. The van der Waals surface area contributed by atoms with Crippen LogP contribution in [-0.4, -0.2) is 51.9 Å². The van der Waals surface area contributed by atoms with Crippen LogP contribution in [-0.2, 0) is 4.74 Å². The highest BCUT2D eigenvalue weighted by molar-refractivity contribution is 6.01. The molecule has 0 spiro atoms. The van der Waals surface area contributed by atoms with Gasteiger partial charge in [-0.2, -0.15) is 0 Å². The van der Waals surface area contributed by atoms with Crippen LogP contribution in [0.2, 0.25) is 0 Å². The Morgan fingerprint density at radius 3 is 1.56 bits per heavy atom. The zero-order valence-corrected chi connectivity index (χ0v) is 35.4. The maximum absolute atomic E-state index is 12.5. The Labute approximate surface area is 348 Å². The van der Waals surface area contributed by atoms with Crippen LogP contribution < -0.4 is 16.8 Å². The minimum Gasteiger partial charge on any atom is -0.444 e. The summed E-state index contributed by atoms with van der Waals surface area (Å²) < 4.78 is 10.3. The first-order valence-corrected chi connectivity index (χ1v) is 20.6. The summed E-state index contributed by atoms with van der Waals surface area (Å²) in [4.78, 5) is 21.8. The Bertz CT molecular complexity index is 2630. The quantitative estimate of drug-likeness (QED) is 0.122. The molecule has 2 aromatic heterocycles. The van der Waals surface area contributed by atoms with E-state index in [0.29, 0.717) is 24.8 Å². The number of aromatic nitrogens is 2. The topological polar surface area (TPSA) is 112 Å². The van der Waals surface area contributed by atoms with Crippen molar-refractivity contribution in [1.82, 2.24) is 19.4 Å². The molecule has 10 nitrogen and oxygen atoms in total. The predicted molar refractivity (Wildman–Crippen MR) is 242 cm³/mol. The number of piperidine rings is 2. The van der Waals surface area contributed by atoms with Crippen molar-refractivity contribution in [3.63, 3.8) is 0 Å². The zero-order chi connectivity index (χ0) is 42.2. The van der Waals surface area contributed by atoms with Crippen LogP contribution in [0.5, 0.6) is 0 Å². The van der Waals surface area contributed by atoms with Gasteiger partial charge in [-0.15, -0.1) is 0 Å². The van der Waals surface area contributed by atoms with Crippen molar-refractivity contribution in [3.05, 3.63) is 118 Å². The van der Waals surface area contributed by atoms with Gasteiger partial charge in [-0.1, -0.05) is 24.3 Å². The lowest BCUT2D eigenvalue weighted by molar-refractivity contribution is 0.0189. The Morgan fingerprint density at radius 2 is 1.14 bits per heavy atom. The Hall–Kier alpha value is -6.23. The van der Waals surface area contributed by atoms with Gasteiger partial charge < -0.3 is 35.6 Å². The maximum atomic E-state index is 12.5. The standard InChI is InChI=1S/C27H32N4O2.C22H24N4/c1-17-14-25-21(15-24(17)29-6)22(20-8-7-9-23(28)18(20)2)16-31(25)19-10-12-30(13-11-19)26(32)33-27(3,4)5;1-14-11-22-18(12-21(14)24-3)19(17-5-4-6-20(23)15(17)2)13-26(22)16-7-9-25-10-8-16/h7-9,14-16,19H,10-13,28H2,1-5H3;4-6,11-13,16,25H,7-10,23H2,1-2H3. The lowest BCUT2D eigenvalue weighted by Crippen LogP contribution is -2.42. The van der Waals surface area contributed by atoms with Gasteiger partial charge in [0.1, 0.15) is 5.60 Å². The molecule has 5 N–H and O–H groups in total. The van der Waals surface area contributed by atoms with Crippen molar-refractivity contribution in [3.8, 4) is 22.3 Å². The van der Waals surface area contributed by atoms with Crippen LogP contribution in [0.25, 0.3) is 53.7 Å². The number of hydrogen-bond acceptors (Lipinski definition) is 5. The van der Waals surface area contributed by atoms with E-state index in [1.807, 2.05) is 77.9 Å². The minimum absolute atomic E-state index is 0.244. The Kier molecular flexibility index (Phi) is 11.5. The lowest BCUT2D eigenvalue weighted by atomic mass is 9.98. The van der Waals surface area contributed by atoms with E-state index < -0.39 is 5.60 Å². The van der Waals surface area contributed by atoms with Gasteiger partial charge in [0.25, 0.3) is 0 Å². The molecular formula is C49H56N8O2. The summed E-state index contributed by atoms with van der Waals surface area (Å²) >= 11 is 0. The summed E-state index contributed by atoms with van der Waals surface area (Å²) in [6, 6.07) is 21.2. The monoisotopic (exact) mass is 788 g/mol. The number of aryl methyl sites for hydroxylation is 2. The van der Waals surface area contributed by atoms with E-state index in [4.69, 9.17) is 29.3 Å². The van der Waals surface area contributed by atoms with E-state index in [9.17, 15) is 4.79 Å². The molecular weight excluding hydrogens is 733 g/mol. The van der Waals surface area contributed by atoms with Crippen LogP contribution in [0.15, 0.2) is 73.1 Å². The van der Waals surface area contributed by atoms with Crippen molar-refractivity contribution in [2.45, 2.75) is 91.8 Å². The average molecular weight is 789 g/mol. The van der Waals surface area contributed by atoms with Crippen LogP contribution in [0.1, 0.15) is 80.8 Å². The fourth-order valence-electron chi connectivity index (χ4n) is 8.68. The van der Waals surface area contributed by atoms with E-state index in [1.54, 1.807) is 4.90 Å².